The van der Waals surface area contributed by atoms with Crippen LogP contribution in [0.1, 0.15) is 6.42 Å². The predicted molar refractivity (Wildman–Crippen MR) is 71.3 cm³/mol. The number of nitrogens with zero attached hydrogens (tertiary/aromatic N) is 1. The fourth-order valence-electron chi connectivity index (χ4n) is 2.16. The first-order valence-electron chi connectivity index (χ1n) is 6.18. The average molecular weight is 267 g/mol. The molecule has 1 aromatic carbocycles. The summed E-state index contributed by atoms with van der Waals surface area (Å²) in [6.45, 7) is 1.91. The first-order chi connectivity index (χ1) is 9.08. The summed E-state index contributed by atoms with van der Waals surface area (Å²) in [4.78, 5) is 13.9. The van der Waals surface area contributed by atoms with Crippen LogP contribution in [0.2, 0.25) is 0 Å². The van der Waals surface area contributed by atoms with Gasteiger partial charge in [-0.15, -0.1) is 0 Å². The molecule has 1 fully saturated rings. The van der Waals surface area contributed by atoms with E-state index in [0.717, 1.165) is 19.5 Å². The van der Waals surface area contributed by atoms with Crippen molar-refractivity contribution in [3.05, 3.63) is 24.0 Å². The van der Waals surface area contributed by atoms with E-state index in [1.807, 2.05) is 4.90 Å². The zero-order valence-electron chi connectivity index (χ0n) is 10.9. The first-order valence-corrected chi connectivity index (χ1v) is 6.18. The molecule has 0 aliphatic carbocycles. The van der Waals surface area contributed by atoms with Crippen LogP contribution >= 0.6 is 0 Å². The summed E-state index contributed by atoms with van der Waals surface area (Å²) in [6.07, 6.45) is 1.14. The van der Waals surface area contributed by atoms with Crippen molar-refractivity contribution in [1.29, 1.82) is 0 Å². The number of likely N-dealkylation sites (tertiary alicyclic amines) is 1. The van der Waals surface area contributed by atoms with Crippen LogP contribution in [0.4, 0.5) is 15.8 Å². The number of carbonyl (C=O) groups excluding carboxylic acids is 1. The van der Waals surface area contributed by atoms with Crippen LogP contribution in [0.3, 0.4) is 0 Å². The molecule has 1 aromatic rings. The Labute approximate surface area is 111 Å². The van der Waals surface area contributed by atoms with Gasteiger partial charge in [0, 0.05) is 25.9 Å². The molecule has 104 valence electrons. The lowest BCUT2D eigenvalue weighted by atomic mass is 10.2. The van der Waals surface area contributed by atoms with E-state index < -0.39 is 5.82 Å². The van der Waals surface area contributed by atoms with Crippen molar-refractivity contribution in [3.63, 3.8) is 0 Å². The van der Waals surface area contributed by atoms with E-state index in [-0.39, 0.29) is 17.7 Å². The van der Waals surface area contributed by atoms with E-state index in [4.69, 9.17) is 10.5 Å². The number of carbonyl (C=O) groups is 1. The Morgan fingerprint density at radius 1 is 1.63 bits per heavy atom. The number of amides is 1. The van der Waals surface area contributed by atoms with Crippen molar-refractivity contribution < 1.29 is 13.9 Å². The molecule has 1 atom stereocenters. The van der Waals surface area contributed by atoms with Gasteiger partial charge in [0.05, 0.1) is 18.3 Å². The Morgan fingerprint density at radius 3 is 3.05 bits per heavy atom. The van der Waals surface area contributed by atoms with E-state index in [2.05, 4.69) is 5.32 Å². The molecule has 1 heterocycles. The van der Waals surface area contributed by atoms with Gasteiger partial charge in [-0.05, 0) is 24.6 Å². The summed E-state index contributed by atoms with van der Waals surface area (Å²) < 4.78 is 18.2. The molecule has 1 amide bonds. The number of anilines is 2. The molecule has 1 aliphatic rings. The fourth-order valence-corrected chi connectivity index (χ4v) is 2.16. The Kier molecular flexibility index (Phi) is 4.34. The van der Waals surface area contributed by atoms with Gasteiger partial charge in [0.1, 0.15) is 5.82 Å². The molecule has 0 bridgehead atoms. The number of nitrogens with two attached hydrogens (primary N) is 1. The van der Waals surface area contributed by atoms with Crippen LogP contribution in [0.5, 0.6) is 0 Å². The first kappa shape index (κ1) is 13.8. The maximum absolute atomic E-state index is 13.0. The second-order valence-electron chi connectivity index (χ2n) is 4.67. The molecule has 19 heavy (non-hydrogen) atoms. The monoisotopic (exact) mass is 267 g/mol. The summed E-state index contributed by atoms with van der Waals surface area (Å²) in [5.74, 6) is -0.622. The molecule has 3 N–H and O–H groups in total. The number of nitrogens with one attached hydrogen (secondary N) is 1. The van der Waals surface area contributed by atoms with Crippen molar-refractivity contribution >= 4 is 17.3 Å². The largest absolute Gasteiger partial charge is 0.396 e. The third-order valence-electron chi connectivity index (χ3n) is 3.21. The molecule has 2 rings (SSSR count). The third-order valence-corrected chi connectivity index (χ3v) is 3.21. The van der Waals surface area contributed by atoms with Crippen LogP contribution in [-0.4, -0.2) is 43.7 Å². The molecule has 0 spiro atoms. The molecule has 6 heteroatoms. The van der Waals surface area contributed by atoms with Crippen LogP contribution < -0.4 is 11.1 Å². The second kappa shape index (κ2) is 5.99. The normalized spacial score (nSPS) is 19.6. The lowest BCUT2D eigenvalue weighted by Crippen LogP contribution is -2.32. The molecule has 0 saturated carbocycles. The summed E-state index contributed by atoms with van der Waals surface area (Å²) in [7, 11) is 1.68. The minimum absolute atomic E-state index is 0.0263. The van der Waals surface area contributed by atoms with E-state index in [1.165, 1.54) is 18.2 Å². The van der Waals surface area contributed by atoms with Gasteiger partial charge in [-0.25, -0.2) is 4.39 Å². The maximum Gasteiger partial charge on any atom is 0.238 e. The molecule has 5 nitrogen and oxygen atoms in total. The highest BCUT2D eigenvalue weighted by atomic mass is 19.1. The van der Waals surface area contributed by atoms with Gasteiger partial charge in [0.2, 0.25) is 5.91 Å². The van der Waals surface area contributed by atoms with Crippen LogP contribution in [0.15, 0.2) is 18.2 Å². The molecular formula is C13H18FN3O2. The standard InChI is InChI=1S/C13H18FN3O2/c1-19-10-4-5-17(7-10)8-13(18)16-9-2-3-11(14)12(15)6-9/h2-3,6,10H,4-5,7-8,15H2,1H3,(H,16,18). The van der Waals surface area contributed by atoms with Crippen molar-refractivity contribution in [2.45, 2.75) is 12.5 Å². The molecule has 0 radical (unpaired) electrons. The molecule has 0 aromatic heterocycles. The van der Waals surface area contributed by atoms with Crippen molar-refractivity contribution in [1.82, 2.24) is 4.90 Å². The van der Waals surface area contributed by atoms with E-state index >= 15 is 0 Å². The SMILES string of the molecule is COC1CCN(CC(=O)Nc2ccc(F)c(N)c2)C1. The second-order valence-corrected chi connectivity index (χ2v) is 4.67. The van der Waals surface area contributed by atoms with E-state index in [1.54, 1.807) is 7.11 Å². The highest BCUT2D eigenvalue weighted by Crippen LogP contribution is 2.17. The van der Waals surface area contributed by atoms with Crippen molar-refractivity contribution in [3.8, 4) is 0 Å². The minimum atomic E-state index is -0.486. The third kappa shape index (κ3) is 3.65. The summed E-state index contributed by atoms with van der Waals surface area (Å²) in [6, 6.07) is 4.14. The Morgan fingerprint density at radius 2 is 2.42 bits per heavy atom. The van der Waals surface area contributed by atoms with Crippen molar-refractivity contribution in [2.75, 3.05) is 37.8 Å². The van der Waals surface area contributed by atoms with Gasteiger partial charge in [-0.2, -0.15) is 0 Å². The Bertz CT molecular complexity index is 467. The molecule has 1 unspecified atom stereocenters. The Balaban J connectivity index is 1.86. The Hall–Kier alpha value is -1.66. The lowest BCUT2D eigenvalue weighted by Gasteiger charge is -2.15. The number of nitrogen functional groups attached to an aromatic ring is 1. The van der Waals surface area contributed by atoms with E-state index in [9.17, 15) is 9.18 Å². The average Bonchev–Trinajstić information content (AvgIpc) is 2.81. The summed E-state index contributed by atoms with van der Waals surface area (Å²) >= 11 is 0. The predicted octanol–water partition coefficient (Wildman–Crippen LogP) is 1.07. The topological polar surface area (TPSA) is 67.6 Å². The van der Waals surface area contributed by atoms with Gasteiger partial charge in [0.15, 0.2) is 0 Å². The van der Waals surface area contributed by atoms with E-state index in [0.29, 0.717) is 12.2 Å². The number of hydrogen-bond donors (Lipinski definition) is 2. The van der Waals surface area contributed by atoms with Gasteiger partial charge >= 0.3 is 0 Å². The quantitative estimate of drug-likeness (QED) is 0.801. The van der Waals surface area contributed by atoms with Gasteiger partial charge in [0.25, 0.3) is 0 Å². The number of rotatable bonds is 4. The van der Waals surface area contributed by atoms with Gasteiger partial charge in [-0.3, -0.25) is 9.69 Å². The highest BCUT2D eigenvalue weighted by Gasteiger charge is 2.23. The van der Waals surface area contributed by atoms with Gasteiger partial charge in [-0.1, -0.05) is 0 Å². The highest BCUT2D eigenvalue weighted by molar-refractivity contribution is 5.92. The van der Waals surface area contributed by atoms with Crippen LogP contribution in [0.25, 0.3) is 0 Å². The van der Waals surface area contributed by atoms with Crippen molar-refractivity contribution in [2.24, 2.45) is 0 Å². The minimum Gasteiger partial charge on any atom is -0.396 e. The fraction of sp³-hybridized carbons (Fsp3) is 0.462. The number of methoxy groups -OCH3 is 1. The van der Waals surface area contributed by atoms with Crippen LogP contribution in [0, 0.1) is 5.82 Å². The lowest BCUT2D eigenvalue weighted by molar-refractivity contribution is -0.117. The molecular weight excluding hydrogens is 249 g/mol. The smallest absolute Gasteiger partial charge is 0.238 e. The van der Waals surface area contributed by atoms with Crippen LogP contribution in [-0.2, 0) is 9.53 Å². The zero-order chi connectivity index (χ0) is 13.8. The summed E-state index contributed by atoms with van der Waals surface area (Å²) in [5, 5.41) is 2.70. The summed E-state index contributed by atoms with van der Waals surface area (Å²) in [5.41, 5.74) is 5.98. The molecule has 1 aliphatic heterocycles. The zero-order valence-corrected chi connectivity index (χ0v) is 10.9. The maximum atomic E-state index is 13.0. The molecule has 1 saturated heterocycles. The number of benzene rings is 1. The number of hydrogen-bond acceptors (Lipinski definition) is 4. The number of ether oxygens (including phenoxy) is 1. The van der Waals surface area contributed by atoms with Gasteiger partial charge < -0.3 is 15.8 Å². The number of halogens is 1.